The van der Waals surface area contributed by atoms with Crippen LogP contribution in [-0.4, -0.2) is 23.6 Å². The zero-order chi connectivity index (χ0) is 13.9. The molecule has 0 aliphatic heterocycles. The van der Waals surface area contributed by atoms with E-state index in [1.165, 1.54) is 6.07 Å². The molecule has 0 saturated carbocycles. The highest BCUT2D eigenvalue weighted by Crippen LogP contribution is 2.25. The van der Waals surface area contributed by atoms with Crippen molar-refractivity contribution in [3.05, 3.63) is 27.4 Å². The summed E-state index contributed by atoms with van der Waals surface area (Å²) in [5.74, 6) is -0.519. The Labute approximate surface area is 107 Å². The number of rotatable bonds is 4. The minimum atomic E-state index is -4.07. The first-order valence-corrected chi connectivity index (χ1v) is 6.42. The van der Waals surface area contributed by atoms with Gasteiger partial charge in [-0.1, -0.05) is 11.6 Å². The molecular formula is C8H7ClN4O4S. The van der Waals surface area contributed by atoms with E-state index in [1.807, 2.05) is 4.72 Å². The number of sulfonamides is 1. The van der Waals surface area contributed by atoms with Crippen molar-refractivity contribution < 1.29 is 13.3 Å². The number of anilines is 1. The number of aromatic nitrogens is 1. The highest BCUT2D eigenvalue weighted by Gasteiger charge is 2.25. The predicted molar refractivity (Wildman–Crippen MR) is 63.5 cm³/mol. The number of hydrogen-bond acceptors (Lipinski definition) is 6. The summed E-state index contributed by atoms with van der Waals surface area (Å²) in [6.45, 7) is 1.14. The Bertz CT molecular complexity index is 624. The van der Waals surface area contributed by atoms with Crippen molar-refractivity contribution in [2.75, 3.05) is 4.72 Å². The van der Waals surface area contributed by atoms with Crippen molar-refractivity contribution in [2.45, 2.75) is 12.2 Å². The van der Waals surface area contributed by atoms with E-state index in [0.29, 0.717) is 0 Å². The van der Waals surface area contributed by atoms with Gasteiger partial charge in [-0.25, -0.2) is 13.4 Å². The SMILES string of the molecule is CC(C#N)S(=O)(=O)Nc1nc(Cl)ccc1[N+](=O)[O-]. The van der Waals surface area contributed by atoms with Gasteiger partial charge in [0.25, 0.3) is 0 Å². The molecule has 0 aliphatic rings. The number of nitrogens with one attached hydrogen (secondary N) is 1. The Hall–Kier alpha value is -1.92. The van der Waals surface area contributed by atoms with Crippen LogP contribution >= 0.6 is 11.6 Å². The molecule has 1 atom stereocenters. The number of nitrogens with zero attached hydrogens (tertiary/aromatic N) is 3. The lowest BCUT2D eigenvalue weighted by molar-refractivity contribution is -0.384. The van der Waals surface area contributed by atoms with Gasteiger partial charge in [-0.3, -0.25) is 14.8 Å². The van der Waals surface area contributed by atoms with Crippen molar-refractivity contribution in [3.8, 4) is 6.07 Å². The minimum Gasteiger partial charge on any atom is -0.260 e. The van der Waals surface area contributed by atoms with Gasteiger partial charge in [-0.2, -0.15) is 5.26 Å². The summed E-state index contributed by atoms with van der Waals surface area (Å²) in [5, 5.41) is 17.7. The molecule has 0 aliphatic carbocycles. The Morgan fingerprint density at radius 3 is 2.72 bits per heavy atom. The van der Waals surface area contributed by atoms with E-state index in [4.69, 9.17) is 16.9 Å². The highest BCUT2D eigenvalue weighted by atomic mass is 35.5. The summed E-state index contributed by atoms with van der Waals surface area (Å²) < 4.78 is 25.0. The number of nitriles is 1. The quantitative estimate of drug-likeness (QED) is 0.506. The van der Waals surface area contributed by atoms with Crippen LogP contribution in [0.5, 0.6) is 0 Å². The molecule has 96 valence electrons. The molecular weight excluding hydrogens is 284 g/mol. The van der Waals surface area contributed by atoms with E-state index in [9.17, 15) is 18.5 Å². The lowest BCUT2D eigenvalue weighted by Crippen LogP contribution is -2.24. The molecule has 0 bridgehead atoms. The van der Waals surface area contributed by atoms with Gasteiger partial charge >= 0.3 is 5.69 Å². The van der Waals surface area contributed by atoms with Gasteiger partial charge < -0.3 is 0 Å². The Morgan fingerprint density at radius 2 is 2.22 bits per heavy atom. The molecule has 0 fully saturated rings. The second-order valence-electron chi connectivity index (χ2n) is 3.18. The largest absolute Gasteiger partial charge is 0.312 e. The normalized spacial score (nSPS) is 12.5. The third kappa shape index (κ3) is 3.06. The minimum absolute atomic E-state index is 0.108. The molecule has 1 rings (SSSR count). The molecule has 0 aromatic carbocycles. The van der Waals surface area contributed by atoms with Crippen molar-refractivity contribution >= 4 is 33.1 Å². The van der Waals surface area contributed by atoms with Gasteiger partial charge in [0.2, 0.25) is 15.8 Å². The van der Waals surface area contributed by atoms with Crippen molar-refractivity contribution in [1.82, 2.24) is 4.98 Å². The summed E-state index contributed by atoms with van der Waals surface area (Å²) in [6, 6.07) is 3.68. The van der Waals surface area contributed by atoms with Crippen molar-refractivity contribution in [2.24, 2.45) is 0 Å². The predicted octanol–water partition coefficient (Wildman–Crippen LogP) is 1.30. The molecule has 1 N–H and O–H groups in total. The second kappa shape index (κ2) is 5.16. The number of pyridine rings is 1. The average molecular weight is 291 g/mol. The van der Waals surface area contributed by atoms with E-state index in [2.05, 4.69) is 4.98 Å². The first-order valence-electron chi connectivity index (χ1n) is 4.50. The molecule has 10 heteroatoms. The maximum atomic E-state index is 11.6. The fraction of sp³-hybridized carbons (Fsp3) is 0.250. The number of nitro groups is 1. The van der Waals surface area contributed by atoms with Gasteiger partial charge in [0.05, 0.1) is 11.0 Å². The summed E-state index contributed by atoms with van der Waals surface area (Å²) in [7, 11) is -4.07. The number of hydrogen-bond donors (Lipinski definition) is 1. The third-order valence-electron chi connectivity index (χ3n) is 1.92. The van der Waals surface area contributed by atoms with Gasteiger partial charge in [-0.15, -0.1) is 0 Å². The first-order chi connectivity index (χ1) is 8.27. The maximum absolute atomic E-state index is 11.6. The first kappa shape index (κ1) is 14.1. The molecule has 18 heavy (non-hydrogen) atoms. The fourth-order valence-electron chi connectivity index (χ4n) is 0.943. The van der Waals surface area contributed by atoms with Crippen LogP contribution in [0, 0.1) is 21.4 Å². The van der Waals surface area contributed by atoms with Gasteiger partial charge in [0.1, 0.15) is 5.15 Å². The van der Waals surface area contributed by atoms with E-state index in [-0.39, 0.29) is 5.15 Å². The fourth-order valence-corrected chi connectivity index (χ4v) is 1.83. The zero-order valence-electron chi connectivity index (χ0n) is 8.99. The van der Waals surface area contributed by atoms with Crippen LogP contribution in [0.2, 0.25) is 5.15 Å². The van der Waals surface area contributed by atoms with Crippen molar-refractivity contribution in [3.63, 3.8) is 0 Å². The lowest BCUT2D eigenvalue weighted by atomic mass is 10.4. The average Bonchev–Trinajstić information content (AvgIpc) is 2.26. The summed E-state index contributed by atoms with van der Waals surface area (Å²) in [4.78, 5) is 13.4. The molecule has 1 unspecified atom stereocenters. The Morgan fingerprint density at radius 1 is 1.61 bits per heavy atom. The summed E-state index contributed by atoms with van der Waals surface area (Å²) >= 11 is 5.53. The molecule has 0 amide bonds. The molecule has 1 heterocycles. The Balaban J connectivity index is 3.23. The third-order valence-corrected chi connectivity index (χ3v) is 3.65. The Kier molecular flexibility index (Phi) is 4.05. The van der Waals surface area contributed by atoms with E-state index in [1.54, 1.807) is 0 Å². The molecule has 0 spiro atoms. The van der Waals surface area contributed by atoms with Crippen LogP contribution in [0.4, 0.5) is 11.5 Å². The van der Waals surface area contributed by atoms with E-state index >= 15 is 0 Å². The molecule has 1 aromatic heterocycles. The van der Waals surface area contributed by atoms with Crippen molar-refractivity contribution in [1.29, 1.82) is 5.26 Å². The second-order valence-corrected chi connectivity index (χ2v) is 5.57. The lowest BCUT2D eigenvalue weighted by Gasteiger charge is -2.08. The van der Waals surface area contributed by atoms with Crippen LogP contribution in [0.1, 0.15) is 6.92 Å². The summed E-state index contributed by atoms with van der Waals surface area (Å²) in [5.41, 5.74) is -0.548. The highest BCUT2D eigenvalue weighted by molar-refractivity contribution is 7.93. The molecule has 1 aromatic rings. The maximum Gasteiger partial charge on any atom is 0.312 e. The van der Waals surface area contributed by atoms with E-state index in [0.717, 1.165) is 19.1 Å². The van der Waals surface area contributed by atoms with Gasteiger partial charge in [-0.05, 0) is 13.0 Å². The van der Waals surface area contributed by atoms with E-state index < -0.39 is 31.7 Å². The molecule has 0 radical (unpaired) electrons. The van der Waals surface area contributed by atoms with Gasteiger partial charge in [0, 0.05) is 6.07 Å². The van der Waals surface area contributed by atoms with Crippen LogP contribution < -0.4 is 4.72 Å². The summed E-state index contributed by atoms with van der Waals surface area (Å²) in [6.07, 6.45) is 0. The smallest absolute Gasteiger partial charge is 0.260 e. The van der Waals surface area contributed by atoms with Gasteiger partial charge in [0.15, 0.2) is 5.25 Å². The topological polar surface area (TPSA) is 126 Å². The number of halogens is 1. The molecule has 8 nitrogen and oxygen atoms in total. The van der Waals surface area contributed by atoms with Crippen LogP contribution in [-0.2, 0) is 10.0 Å². The van der Waals surface area contributed by atoms with Crippen LogP contribution in [0.15, 0.2) is 12.1 Å². The van der Waals surface area contributed by atoms with Crippen LogP contribution in [0.3, 0.4) is 0 Å². The standard InChI is InChI=1S/C8H7ClN4O4S/c1-5(4-10)18(16,17)12-8-6(13(14)15)2-3-7(9)11-8/h2-3,5H,1H3,(H,11,12). The van der Waals surface area contributed by atoms with Crippen LogP contribution in [0.25, 0.3) is 0 Å². The molecule has 0 saturated heterocycles. The monoisotopic (exact) mass is 290 g/mol. The zero-order valence-corrected chi connectivity index (χ0v) is 10.6.